The summed E-state index contributed by atoms with van der Waals surface area (Å²) in [5.74, 6) is 1.12. The van der Waals surface area contributed by atoms with Crippen LogP contribution in [0.3, 0.4) is 0 Å². The van der Waals surface area contributed by atoms with Gasteiger partial charge in [0.1, 0.15) is 11.9 Å². The Morgan fingerprint density at radius 2 is 1.97 bits per heavy atom. The van der Waals surface area contributed by atoms with E-state index in [1.54, 1.807) is 6.20 Å². The van der Waals surface area contributed by atoms with Crippen LogP contribution in [0.4, 0.5) is 0 Å². The first-order valence-electron chi connectivity index (χ1n) is 10.4. The van der Waals surface area contributed by atoms with Gasteiger partial charge in [0.25, 0.3) is 0 Å². The van der Waals surface area contributed by atoms with Crippen LogP contribution < -0.4 is 10.9 Å². The van der Waals surface area contributed by atoms with E-state index in [9.17, 15) is 4.79 Å². The first-order chi connectivity index (χ1) is 14.2. The van der Waals surface area contributed by atoms with Gasteiger partial charge in [0, 0.05) is 19.8 Å². The molecule has 7 nitrogen and oxygen atoms in total. The van der Waals surface area contributed by atoms with E-state index in [-0.39, 0.29) is 24.0 Å². The van der Waals surface area contributed by atoms with Gasteiger partial charge in [-0.25, -0.2) is 15.8 Å². The molecular weight excluding hydrogens is 364 g/mol. The number of imidazole rings is 1. The maximum atomic E-state index is 13.5. The number of pyridine rings is 1. The maximum Gasteiger partial charge on any atom is 0.241 e. The van der Waals surface area contributed by atoms with E-state index in [2.05, 4.69) is 33.5 Å². The molecule has 0 bridgehead atoms. The molecule has 5 rings (SSSR count). The van der Waals surface area contributed by atoms with Crippen molar-refractivity contribution in [3.05, 3.63) is 60.2 Å². The molecule has 1 aromatic carbocycles. The summed E-state index contributed by atoms with van der Waals surface area (Å²) in [6.07, 6.45) is 5.59. The number of carbonyl (C=O) groups is 1. The monoisotopic (exact) mass is 390 g/mol. The van der Waals surface area contributed by atoms with E-state index in [1.807, 2.05) is 41.3 Å². The van der Waals surface area contributed by atoms with E-state index in [0.717, 1.165) is 48.4 Å². The fourth-order valence-electron chi connectivity index (χ4n) is 4.62. The number of nitrogens with one attached hydrogen (secondary N) is 2. The number of benzene rings is 1. The van der Waals surface area contributed by atoms with Crippen LogP contribution >= 0.6 is 0 Å². The predicted octanol–water partition coefficient (Wildman–Crippen LogP) is 2.63. The van der Waals surface area contributed by atoms with Gasteiger partial charge in [-0.05, 0) is 49.9 Å². The van der Waals surface area contributed by atoms with Gasteiger partial charge in [-0.15, -0.1) is 0 Å². The first-order valence-corrected chi connectivity index (χ1v) is 10.4. The van der Waals surface area contributed by atoms with Gasteiger partial charge in [-0.1, -0.05) is 18.2 Å². The quantitative estimate of drug-likeness (QED) is 0.719. The van der Waals surface area contributed by atoms with Crippen molar-refractivity contribution in [3.63, 3.8) is 0 Å². The third-order valence-electron chi connectivity index (χ3n) is 6.15. The topological polar surface area (TPSA) is 75.1 Å². The Bertz CT molecular complexity index is 1020. The Balaban J connectivity index is 1.38. The molecule has 7 heteroatoms. The number of fused-ring (bicyclic) bond motifs is 1. The normalized spacial score (nSPS) is 24.9. The fourth-order valence-corrected chi connectivity index (χ4v) is 4.62. The number of aromatic nitrogens is 3. The second-order valence-corrected chi connectivity index (χ2v) is 7.95. The predicted molar refractivity (Wildman–Crippen MR) is 111 cm³/mol. The van der Waals surface area contributed by atoms with Crippen molar-refractivity contribution in [1.82, 2.24) is 30.3 Å². The molecule has 3 aromatic rings. The van der Waals surface area contributed by atoms with Gasteiger partial charge in [0.2, 0.25) is 5.91 Å². The lowest BCUT2D eigenvalue weighted by atomic mass is 9.98. The van der Waals surface area contributed by atoms with E-state index in [4.69, 9.17) is 4.98 Å². The molecule has 2 aromatic heterocycles. The molecule has 3 unspecified atom stereocenters. The van der Waals surface area contributed by atoms with Crippen LogP contribution in [0.2, 0.25) is 0 Å². The molecule has 1 amide bonds. The number of rotatable bonds is 3. The number of nitrogens with zero attached hydrogens (tertiary/aromatic N) is 4. The summed E-state index contributed by atoms with van der Waals surface area (Å²) in [5, 5.41) is 0. The van der Waals surface area contributed by atoms with Crippen molar-refractivity contribution in [2.75, 3.05) is 6.54 Å². The highest BCUT2D eigenvalue weighted by Crippen LogP contribution is 2.33. The highest BCUT2D eigenvalue weighted by Gasteiger charge is 2.38. The van der Waals surface area contributed by atoms with Crippen molar-refractivity contribution < 1.29 is 4.79 Å². The fraction of sp³-hybridized carbons (Fsp3) is 0.409. The van der Waals surface area contributed by atoms with Crippen LogP contribution in [0.5, 0.6) is 0 Å². The Hall–Kier alpha value is -2.77. The lowest BCUT2D eigenvalue weighted by Crippen LogP contribution is -2.49. The van der Waals surface area contributed by atoms with Crippen LogP contribution in [0.1, 0.15) is 49.3 Å². The molecule has 0 saturated carbocycles. The average Bonchev–Trinajstić information content (AvgIpc) is 3.40. The van der Waals surface area contributed by atoms with Crippen molar-refractivity contribution in [2.24, 2.45) is 7.05 Å². The second kappa shape index (κ2) is 7.57. The maximum absolute atomic E-state index is 13.5. The summed E-state index contributed by atoms with van der Waals surface area (Å²) >= 11 is 0. The number of carbonyl (C=O) groups excluding carboxylic acids is 1. The van der Waals surface area contributed by atoms with E-state index < -0.39 is 0 Å². The highest BCUT2D eigenvalue weighted by atomic mass is 16.2. The number of hydrogen-bond acceptors (Lipinski definition) is 5. The highest BCUT2D eigenvalue weighted by molar-refractivity contribution is 5.83. The minimum absolute atomic E-state index is 0.0179. The van der Waals surface area contributed by atoms with Crippen LogP contribution in [0, 0.1) is 0 Å². The number of likely N-dealkylation sites (tertiary alicyclic amines) is 1. The Morgan fingerprint density at radius 3 is 2.79 bits per heavy atom. The number of piperidine rings is 1. The van der Waals surface area contributed by atoms with Gasteiger partial charge >= 0.3 is 0 Å². The summed E-state index contributed by atoms with van der Waals surface area (Å²) in [4.78, 5) is 24.8. The number of hydrogen-bond donors (Lipinski definition) is 2. The average molecular weight is 390 g/mol. The molecule has 3 atom stereocenters. The summed E-state index contributed by atoms with van der Waals surface area (Å²) < 4.78 is 2.14. The minimum Gasteiger partial charge on any atom is -0.331 e. The van der Waals surface area contributed by atoms with E-state index in [1.165, 1.54) is 0 Å². The van der Waals surface area contributed by atoms with Gasteiger partial charge in [0.05, 0.1) is 28.8 Å². The van der Waals surface area contributed by atoms with Crippen LogP contribution in [0.25, 0.3) is 11.0 Å². The SMILES string of the molecule is Cn1c(C2CCCCN2C(=O)C2CC(c3ccccn3)NN2)nc2ccccc21. The summed E-state index contributed by atoms with van der Waals surface area (Å²) in [6, 6.07) is 13.8. The number of amides is 1. The van der Waals surface area contributed by atoms with Crippen molar-refractivity contribution in [2.45, 2.75) is 43.8 Å². The summed E-state index contributed by atoms with van der Waals surface area (Å²) in [7, 11) is 2.05. The third kappa shape index (κ3) is 3.30. The molecule has 2 fully saturated rings. The largest absolute Gasteiger partial charge is 0.331 e. The van der Waals surface area contributed by atoms with Crippen molar-refractivity contribution in [3.8, 4) is 0 Å². The van der Waals surface area contributed by atoms with Gasteiger partial charge in [-0.3, -0.25) is 9.78 Å². The molecule has 29 heavy (non-hydrogen) atoms. The molecule has 4 heterocycles. The van der Waals surface area contributed by atoms with Crippen LogP contribution in [-0.4, -0.2) is 37.9 Å². The molecular formula is C22H26N6O. The molecule has 2 aliphatic rings. The lowest BCUT2D eigenvalue weighted by Gasteiger charge is -2.36. The zero-order valence-corrected chi connectivity index (χ0v) is 16.6. The molecule has 2 aliphatic heterocycles. The summed E-state index contributed by atoms with van der Waals surface area (Å²) in [5.41, 5.74) is 9.51. The standard InChI is InChI=1S/C22H26N6O/c1-27-19-10-3-2-9-16(19)24-21(27)20-11-5-7-13-28(20)22(29)18-14-17(25-26-18)15-8-4-6-12-23-15/h2-4,6,8-10,12,17-18,20,25-26H,5,7,11,13-14H2,1H3. The van der Waals surface area contributed by atoms with Crippen molar-refractivity contribution >= 4 is 16.9 Å². The smallest absolute Gasteiger partial charge is 0.241 e. The minimum atomic E-state index is -0.253. The first kappa shape index (κ1) is 18.3. The molecule has 0 aliphatic carbocycles. The number of aryl methyl sites for hydroxylation is 1. The lowest BCUT2D eigenvalue weighted by molar-refractivity contribution is -0.137. The molecule has 2 saturated heterocycles. The van der Waals surface area contributed by atoms with Gasteiger partial charge < -0.3 is 9.47 Å². The van der Waals surface area contributed by atoms with E-state index >= 15 is 0 Å². The molecule has 2 N–H and O–H groups in total. The summed E-state index contributed by atoms with van der Waals surface area (Å²) in [6.45, 7) is 0.777. The Morgan fingerprint density at radius 1 is 1.10 bits per heavy atom. The molecule has 150 valence electrons. The number of hydrazine groups is 1. The Kier molecular flexibility index (Phi) is 4.77. The van der Waals surface area contributed by atoms with Crippen LogP contribution in [-0.2, 0) is 11.8 Å². The zero-order chi connectivity index (χ0) is 19.8. The second-order valence-electron chi connectivity index (χ2n) is 7.95. The van der Waals surface area contributed by atoms with Gasteiger partial charge in [0.15, 0.2) is 0 Å². The molecule has 0 radical (unpaired) electrons. The van der Waals surface area contributed by atoms with Gasteiger partial charge in [-0.2, -0.15) is 0 Å². The van der Waals surface area contributed by atoms with Crippen LogP contribution in [0.15, 0.2) is 48.7 Å². The third-order valence-corrected chi connectivity index (χ3v) is 6.15. The molecule has 0 spiro atoms. The number of para-hydroxylation sites is 2. The zero-order valence-electron chi connectivity index (χ0n) is 16.6. The van der Waals surface area contributed by atoms with Crippen molar-refractivity contribution in [1.29, 1.82) is 0 Å². The van der Waals surface area contributed by atoms with E-state index in [0.29, 0.717) is 6.42 Å². The Labute approximate surface area is 170 Å².